The molecule has 3 heterocycles. The number of imidazole rings is 1. The number of aromatic nitrogens is 2. The summed E-state index contributed by atoms with van der Waals surface area (Å²) in [4.78, 5) is 15.6. The summed E-state index contributed by atoms with van der Waals surface area (Å²) in [5.41, 5.74) is 6.90. The molecule has 0 saturated carbocycles. The van der Waals surface area contributed by atoms with Crippen LogP contribution in [0.15, 0.2) is 18.3 Å². The predicted molar refractivity (Wildman–Crippen MR) is 71.4 cm³/mol. The third-order valence-electron chi connectivity index (χ3n) is 3.63. The smallest absolute Gasteiger partial charge is 0.356 e. The van der Waals surface area contributed by atoms with Crippen molar-refractivity contribution in [2.24, 2.45) is 0 Å². The minimum absolute atomic E-state index is 0.0478. The van der Waals surface area contributed by atoms with Gasteiger partial charge in [0, 0.05) is 12.1 Å². The lowest BCUT2D eigenvalue weighted by Crippen LogP contribution is -2.27. The molecule has 2 aromatic rings. The van der Waals surface area contributed by atoms with E-state index in [0.29, 0.717) is 11.2 Å². The molecule has 0 radical (unpaired) electrons. The summed E-state index contributed by atoms with van der Waals surface area (Å²) in [5.74, 6) is 0.0560. The van der Waals surface area contributed by atoms with E-state index in [-0.39, 0.29) is 11.6 Å². The minimum Gasteiger partial charge on any atom is -0.476 e. The number of anilines is 1. The Kier molecular flexibility index (Phi) is 2.87. The first kappa shape index (κ1) is 12.0. The van der Waals surface area contributed by atoms with Gasteiger partial charge < -0.3 is 20.6 Å². The van der Waals surface area contributed by atoms with Crippen LogP contribution >= 0.6 is 0 Å². The molecule has 1 aliphatic rings. The number of carbonyl (C=O) groups is 1. The molecule has 0 aromatic carbocycles. The lowest BCUT2D eigenvalue weighted by atomic mass is 9.97. The highest BCUT2D eigenvalue weighted by Gasteiger charge is 2.25. The van der Waals surface area contributed by atoms with E-state index >= 15 is 0 Å². The lowest BCUT2D eigenvalue weighted by Gasteiger charge is -2.21. The molecule has 1 saturated heterocycles. The van der Waals surface area contributed by atoms with Gasteiger partial charge in [0.1, 0.15) is 11.3 Å². The minimum atomic E-state index is -1.03. The Bertz CT molecular complexity index is 629. The summed E-state index contributed by atoms with van der Waals surface area (Å²) in [6.45, 7) is 1.87. The summed E-state index contributed by atoms with van der Waals surface area (Å²) >= 11 is 0. The van der Waals surface area contributed by atoms with E-state index in [2.05, 4.69) is 10.3 Å². The molecule has 3 rings (SSSR count). The fourth-order valence-electron chi connectivity index (χ4n) is 2.71. The van der Waals surface area contributed by atoms with E-state index in [0.717, 1.165) is 31.8 Å². The van der Waals surface area contributed by atoms with Crippen molar-refractivity contribution in [2.75, 3.05) is 18.8 Å². The standard InChI is InChI=1S/C13H16N4O2/c14-9-2-1-7-17-11(9)10(13(18)19)16-12(17)8-3-5-15-6-4-8/h1-2,7-8,15H,3-6,14H2,(H,18,19). The first-order valence-corrected chi connectivity index (χ1v) is 6.39. The van der Waals surface area contributed by atoms with Crippen LogP contribution < -0.4 is 11.1 Å². The first-order chi connectivity index (χ1) is 9.18. The molecule has 0 aliphatic carbocycles. The number of carboxylic acid groups (broad SMARTS) is 1. The predicted octanol–water partition coefficient (Wildman–Crippen LogP) is 1.08. The number of rotatable bonds is 2. The van der Waals surface area contributed by atoms with Crippen molar-refractivity contribution >= 4 is 17.2 Å². The van der Waals surface area contributed by atoms with E-state index in [1.165, 1.54) is 0 Å². The number of carboxylic acids is 1. The van der Waals surface area contributed by atoms with E-state index in [1.54, 1.807) is 6.07 Å². The number of nitrogens with zero attached hydrogens (tertiary/aromatic N) is 2. The van der Waals surface area contributed by atoms with Crippen molar-refractivity contribution in [3.63, 3.8) is 0 Å². The number of nitrogens with two attached hydrogens (primary N) is 1. The van der Waals surface area contributed by atoms with Crippen molar-refractivity contribution in [3.8, 4) is 0 Å². The first-order valence-electron chi connectivity index (χ1n) is 6.39. The summed E-state index contributed by atoms with van der Waals surface area (Å²) < 4.78 is 1.83. The number of nitrogens with one attached hydrogen (secondary N) is 1. The molecule has 0 amide bonds. The molecule has 0 unspecified atom stereocenters. The van der Waals surface area contributed by atoms with E-state index in [9.17, 15) is 9.90 Å². The van der Waals surface area contributed by atoms with Crippen molar-refractivity contribution < 1.29 is 9.90 Å². The number of fused-ring (bicyclic) bond motifs is 1. The maximum absolute atomic E-state index is 11.3. The Morgan fingerprint density at radius 2 is 2.21 bits per heavy atom. The molecule has 4 N–H and O–H groups in total. The van der Waals surface area contributed by atoms with Gasteiger partial charge >= 0.3 is 5.97 Å². The monoisotopic (exact) mass is 260 g/mol. The summed E-state index contributed by atoms with van der Waals surface area (Å²) in [6, 6.07) is 3.52. The van der Waals surface area contributed by atoms with Crippen LogP contribution in [0.25, 0.3) is 5.52 Å². The second-order valence-corrected chi connectivity index (χ2v) is 4.83. The van der Waals surface area contributed by atoms with E-state index in [1.807, 2.05) is 16.7 Å². The van der Waals surface area contributed by atoms with Gasteiger partial charge in [-0.25, -0.2) is 9.78 Å². The quantitative estimate of drug-likeness (QED) is 0.751. The summed E-state index contributed by atoms with van der Waals surface area (Å²) in [6.07, 6.45) is 3.77. The number of piperidine rings is 1. The Hall–Kier alpha value is -2.08. The third-order valence-corrected chi connectivity index (χ3v) is 3.63. The number of nitrogen functional groups attached to an aromatic ring is 1. The van der Waals surface area contributed by atoms with Crippen molar-refractivity contribution in [2.45, 2.75) is 18.8 Å². The van der Waals surface area contributed by atoms with Crippen LogP contribution in [0, 0.1) is 0 Å². The van der Waals surface area contributed by atoms with Gasteiger partial charge in [0.2, 0.25) is 0 Å². The van der Waals surface area contributed by atoms with Crippen LogP contribution in [-0.2, 0) is 0 Å². The highest BCUT2D eigenvalue weighted by Crippen LogP contribution is 2.28. The summed E-state index contributed by atoms with van der Waals surface area (Å²) in [7, 11) is 0. The molecular weight excluding hydrogens is 244 g/mol. The largest absolute Gasteiger partial charge is 0.476 e. The normalized spacial score (nSPS) is 16.8. The Balaban J connectivity index is 2.19. The van der Waals surface area contributed by atoms with Gasteiger partial charge in [0.25, 0.3) is 0 Å². The Labute approximate surface area is 110 Å². The molecule has 1 aliphatic heterocycles. The van der Waals surface area contributed by atoms with Crippen LogP contribution in [-0.4, -0.2) is 33.6 Å². The van der Waals surface area contributed by atoms with Crippen LogP contribution in [0.2, 0.25) is 0 Å². The van der Waals surface area contributed by atoms with Crippen LogP contribution in [0.3, 0.4) is 0 Å². The van der Waals surface area contributed by atoms with Gasteiger partial charge in [-0.15, -0.1) is 0 Å². The maximum atomic E-state index is 11.3. The number of pyridine rings is 1. The van der Waals surface area contributed by atoms with Gasteiger partial charge in [-0.3, -0.25) is 0 Å². The fourth-order valence-corrected chi connectivity index (χ4v) is 2.71. The van der Waals surface area contributed by atoms with Gasteiger partial charge in [-0.05, 0) is 38.1 Å². The Morgan fingerprint density at radius 3 is 2.89 bits per heavy atom. The van der Waals surface area contributed by atoms with E-state index < -0.39 is 5.97 Å². The third kappa shape index (κ3) is 1.94. The zero-order chi connectivity index (χ0) is 13.4. The molecule has 19 heavy (non-hydrogen) atoms. The molecule has 1 fully saturated rings. The highest BCUT2D eigenvalue weighted by molar-refractivity contribution is 5.97. The zero-order valence-corrected chi connectivity index (χ0v) is 10.5. The van der Waals surface area contributed by atoms with Crippen LogP contribution in [0.4, 0.5) is 5.69 Å². The molecule has 0 atom stereocenters. The van der Waals surface area contributed by atoms with Crippen LogP contribution in [0.5, 0.6) is 0 Å². The second kappa shape index (κ2) is 4.55. The van der Waals surface area contributed by atoms with Crippen LogP contribution in [0.1, 0.15) is 35.1 Å². The van der Waals surface area contributed by atoms with Gasteiger partial charge in [0.05, 0.1) is 5.69 Å². The fraction of sp³-hybridized carbons (Fsp3) is 0.385. The maximum Gasteiger partial charge on any atom is 0.356 e. The molecule has 0 spiro atoms. The van der Waals surface area contributed by atoms with Gasteiger partial charge in [0.15, 0.2) is 5.69 Å². The SMILES string of the molecule is Nc1cccn2c(C3CCNCC3)nc(C(=O)O)c12. The van der Waals surface area contributed by atoms with Gasteiger partial charge in [-0.2, -0.15) is 0 Å². The lowest BCUT2D eigenvalue weighted by molar-refractivity contribution is 0.0693. The van der Waals surface area contributed by atoms with E-state index in [4.69, 9.17) is 5.73 Å². The molecule has 6 nitrogen and oxygen atoms in total. The van der Waals surface area contributed by atoms with Crippen molar-refractivity contribution in [1.82, 2.24) is 14.7 Å². The molecular formula is C13H16N4O2. The number of hydrogen-bond donors (Lipinski definition) is 3. The second-order valence-electron chi connectivity index (χ2n) is 4.83. The average Bonchev–Trinajstić information content (AvgIpc) is 2.81. The average molecular weight is 260 g/mol. The highest BCUT2D eigenvalue weighted by atomic mass is 16.4. The number of hydrogen-bond acceptors (Lipinski definition) is 4. The molecule has 100 valence electrons. The Morgan fingerprint density at radius 1 is 1.47 bits per heavy atom. The molecule has 6 heteroatoms. The molecule has 0 bridgehead atoms. The zero-order valence-electron chi connectivity index (χ0n) is 10.5. The topological polar surface area (TPSA) is 92.7 Å². The van der Waals surface area contributed by atoms with Crippen molar-refractivity contribution in [1.29, 1.82) is 0 Å². The molecule has 2 aromatic heterocycles. The summed E-state index contributed by atoms with van der Waals surface area (Å²) in [5, 5.41) is 12.6. The number of aromatic carboxylic acids is 1. The van der Waals surface area contributed by atoms with Crippen molar-refractivity contribution in [3.05, 3.63) is 29.8 Å². The van der Waals surface area contributed by atoms with Gasteiger partial charge in [-0.1, -0.05) is 0 Å².